The average Bonchev–Trinajstić information content (AvgIpc) is 3.19. The molecule has 0 spiro atoms. The summed E-state index contributed by atoms with van der Waals surface area (Å²) in [6.07, 6.45) is -2.99. The predicted molar refractivity (Wildman–Crippen MR) is 102 cm³/mol. The molecular weight excluding hydrogens is 444 g/mol. The van der Waals surface area contributed by atoms with Gasteiger partial charge in [0.25, 0.3) is 0 Å². The Morgan fingerprint density at radius 3 is 2.93 bits per heavy atom. The first kappa shape index (κ1) is 21.2. The predicted octanol–water partition coefficient (Wildman–Crippen LogP) is 2.17. The lowest BCUT2D eigenvalue weighted by Crippen LogP contribution is -2.46. The van der Waals surface area contributed by atoms with Crippen molar-refractivity contribution in [3.63, 3.8) is 0 Å². The third-order valence-corrected chi connectivity index (χ3v) is 6.21. The van der Waals surface area contributed by atoms with Gasteiger partial charge in [0.2, 0.25) is 17.5 Å². The molecule has 5 atom stereocenters. The van der Waals surface area contributed by atoms with Crippen LogP contribution in [0.3, 0.4) is 0 Å². The van der Waals surface area contributed by atoms with Crippen LogP contribution in [0.2, 0.25) is 0 Å². The molecular formula is C16H18ClFN5O6P. The summed E-state index contributed by atoms with van der Waals surface area (Å²) < 4.78 is 57.2. The second kappa shape index (κ2) is 7.60. The van der Waals surface area contributed by atoms with Crippen molar-refractivity contribution < 1.29 is 32.0 Å². The van der Waals surface area contributed by atoms with Crippen molar-refractivity contribution >= 4 is 36.5 Å². The second-order valence-corrected chi connectivity index (χ2v) is 8.62. The number of alkyl halides is 1. The van der Waals surface area contributed by atoms with Crippen LogP contribution in [0.15, 0.2) is 6.33 Å². The molecule has 2 aromatic heterocycles. The Labute approximate surface area is 175 Å². The average molecular weight is 462 g/mol. The number of anilines is 1. The molecule has 2 aliphatic rings. The molecule has 1 unspecified atom stereocenters. The molecule has 11 nitrogen and oxygen atoms in total. The van der Waals surface area contributed by atoms with E-state index in [1.54, 1.807) is 13.8 Å². The first-order chi connectivity index (χ1) is 14.2. The van der Waals surface area contributed by atoms with E-state index in [0.717, 1.165) is 0 Å². The van der Waals surface area contributed by atoms with Crippen LogP contribution in [-0.4, -0.2) is 57.2 Å². The summed E-state index contributed by atoms with van der Waals surface area (Å²) in [5.41, 5.74) is 3.57. The molecule has 0 aromatic carbocycles. The van der Waals surface area contributed by atoms with Gasteiger partial charge in [-0.05, 0) is 31.4 Å². The second-order valence-electron chi connectivity index (χ2n) is 6.85. The minimum Gasteiger partial charge on any atom is -0.479 e. The first-order valence-corrected chi connectivity index (χ1v) is 10.7. The number of halogens is 2. The summed E-state index contributed by atoms with van der Waals surface area (Å²) >= 11 is 5.54. The summed E-state index contributed by atoms with van der Waals surface area (Å²) in [4.78, 5) is 12.2. The van der Waals surface area contributed by atoms with E-state index in [0.29, 0.717) is 0 Å². The molecule has 2 aromatic rings. The molecule has 4 heterocycles. The van der Waals surface area contributed by atoms with Gasteiger partial charge in [0.1, 0.15) is 12.2 Å². The molecule has 0 amide bonds. The summed E-state index contributed by atoms with van der Waals surface area (Å²) in [5, 5.41) is 2.03. The standard InChI is InChI=1S/C16H18ClFN5O6P/c1-8(2)28-30(24)26-6-9-11(29-30)16(18,4-5-17)14(27-9)23-7-20-10-12(23)21-15(19)22-13(10)25-3/h7-9,11,14H,6H2,1-3H3,(H2,19,21,22)/t9-,11-,14-,16-,30?/m1/s1. The van der Waals surface area contributed by atoms with Crippen LogP contribution in [0.5, 0.6) is 5.88 Å². The zero-order chi connectivity index (χ0) is 21.7. The number of imidazole rings is 1. The minimum absolute atomic E-state index is 0.106. The van der Waals surface area contributed by atoms with Crippen LogP contribution in [-0.2, 0) is 22.9 Å². The van der Waals surface area contributed by atoms with Gasteiger partial charge in [-0.3, -0.25) is 18.1 Å². The van der Waals surface area contributed by atoms with Crippen molar-refractivity contribution in [3.05, 3.63) is 6.33 Å². The number of nitrogen functional groups attached to an aromatic ring is 1. The number of nitrogens with zero attached hydrogens (tertiary/aromatic N) is 4. The van der Waals surface area contributed by atoms with Crippen LogP contribution < -0.4 is 10.5 Å². The highest BCUT2D eigenvalue weighted by Crippen LogP contribution is 2.60. The van der Waals surface area contributed by atoms with Crippen molar-refractivity contribution in [2.24, 2.45) is 0 Å². The molecule has 2 saturated heterocycles. The number of fused-ring (bicyclic) bond motifs is 2. The largest absolute Gasteiger partial charge is 0.479 e. The lowest BCUT2D eigenvalue weighted by molar-refractivity contribution is -0.0733. The fraction of sp³-hybridized carbons (Fsp3) is 0.562. The molecule has 2 fully saturated rings. The van der Waals surface area contributed by atoms with Crippen molar-refractivity contribution in [1.29, 1.82) is 0 Å². The molecule has 2 N–H and O–H groups in total. The van der Waals surface area contributed by atoms with Gasteiger partial charge in [0, 0.05) is 5.38 Å². The Kier molecular flexibility index (Phi) is 5.38. The van der Waals surface area contributed by atoms with Gasteiger partial charge < -0.3 is 15.2 Å². The summed E-state index contributed by atoms with van der Waals surface area (Å²) in [7, 11) is -2.65. The normalized spacial score (nSPS) is 33.3. The Morgan fingerprint density at radius 1 is 1.50 bits per heavy atom. The van der Waals surface area contributed by atoms with E-state index in [9.17, 15) is 4.57 Å². The maximum atomic E-state index is 16.3. The number of hydrogen-bond acceptors (Lipinski definition) is 10. The molecule has 0 bridgehead atoms. The van der Waals surface area contributed by atoms with E-state index in [2.05, 4.69) is 20.9 Å². The van der Waals surface area contributed by atoms with E-state index in [-0.39, 0.29) is 29.6 Å². The fourth-order valence-electron chi connectivity index (χ4n) is 3.36. The van der Waals surface area contributed by atoms with Gasteiger partial charge in [-0.1, -0.05) is 0 Å². The summed E-state index contributed by atoms with van der Waals surface area (Å²) in [5.74, 6) is 2.26. The number of hydrogen-bond donors (Lipinski definition) is 1. The number of ether oxygens (including phenoxy) is 2. The highest BCUT2D eigenvalue weighted by molar-refractivity contribution is 7.48. The van der Waals surface area contributed by atoms with Crippen molar-refractivity contribution in [3.8, 4) is 17.2 Å². The zero-order valence-corrected chi connectivity index (χ0v) is 17.8. The van der Waals surface area contributed by atoms with Gasteiger partial charge in [0.15, 0.2) is 17.4 Å². The molecule has 0 radical (unpaired) electrons. The van der Waals surface area contributed by atoms with Gasteiger partial charge in [-0.2, -0.15) is 9.97 Å². The van der Waals surface area contributed by atoms with Crippen LogP contribution in [0.1, 0.15) is 20.1 Å². The molecule has 2 aliphatic heterocycles. The molecule has 30 heavy (non-hydrogen) atoms. The smallest absolute Gasteiger partial charge is 0.475 e. The van der Waals surface area contributed by atoms with E-state index >= 15 is 4.39 Å². The quantitative estimate of drug-likeness (QED) is 0.533. The number of aromatic nitrogens is 4. The number of phosphoric acid groups is 1. The maximum Gasteiger partial charge on any atom is 0.475 e. The number of nitrogens with two attached hydrogens (primary N) is 1. The van der Waals surface area contributed by atoms with E-state index in [1.165, 1.54) is 18.0 Å². The molecule has 162 valence electrons. The first-order valence-electron chi connectivity index (χ1n) is 8.83. The molecule has 0 saturated carbocycles. The molecule has 4 rings (SSSR count). The Hall–Kier alpha value is -2.00. The lowest BCUT2D eigenvalue weighted by Gasteiger charge is -2.33. The van der Waals surface area contributed by atoms with Crippen molar-refractivity contribution in [1.82, 2.24) is 19.5 Å². The Bertz CT molecular complexity index is 1090. The fourth-order valence-corrected chi connectivity index (χ4v) is 5.09. The van der Waals surface area contributed by atoms with E-state index < -0.39 is 38.0 Å². The van der Waals surface area contributed by atoms with Crippen LogP contribution in [0.25, 0.3) is 11.2 Å². The summed E-state index contributed by atoms with van der Waals surface area (Å²) in [6, 6.07) is 0. The maximum absolute atomic E-state index is 16.3. The van der Waals surface area contributed by atoms with Gasteiger partial charge in [-0.15, -0.1) is 0 Å². The van der Waals surface area contributed by atoms with Crippen molar-refractivity contribution in [2.75, 3.05) is 19.5 Å². The monoisotopic (exact) mass is 461 g/mol. The van der Waals surface area contributed by atoms with Gasteiger partial charge in [-0.25, -0.2) is 13.9 Å². The van der Waals surface area contributed by atoms with Gasteiger partial charge >= 0.3 is 7.82 Å². The highest BCUT2D eigenvalue weighted by atomic mass is 35.5. The zero-order valence-electron chi connectivity index (χ0n) is 16.1. The van der Waals surface area contributed by atoms with Crippen LogP contribution in [0, 0.1) is 11.3 Å². The lowest BCUT2D eigenvalue weighted by atomic mass is 9.97. The van der Waals surface area contributed by atoms with E-state index in [4.69, 9.17) is 40.4 Å². The molecule has 14 heteroatoms. The van der Waals surface area contributed by atoms with Gasteiger partial charge in [0.05, 0.1) is 26.1 Å². The number of phosphoric ester groups is 1. The minimum atomic E-state index is -4.04. The Balaban J connectivity index is 1.79. The summed E-state index contributed by atoms with van der Waals surface area (Å²) in [6.45, 7) is 3.04. The Morgan fingerprint density at radius 2 is 2.27 bits per heavy atom. The third-order valence-electron chi connectivity index (χ3n) is 4.49. The SMILES string of the molecule is COc1nc(N)nc2c1ncn2[C@@H]1O[C@@H]2COP(=O)(OC(C)C)O[C@H]2[C@]1(F)C#CCl. The van der Waals surface area contributed by atoms with E-state index in [1.807, 2.05) is 5.38 Å². The topological polar surface area (TPSA) is 133 Å². The molecule has 0 aliphatic carbocycles. The number of rotatable bonds is 4. The number of methoxy groups -OCH3 is 1. The third kappa shape index (κ3) is 3.41. The van der Waals surface area contributed by atoms with Crippen molar-refractivity contribution in [2.45, 2.75) is 44.1 Å². The van der Waals surface area contributed by atoms with Crippen LogP contribution >= 0.6 is 19.4 Å². The van der Waals surface area contributed by atoms with Crippen LogP contribution in [0.4, 0.5) is 10.3 Å². The highest BCUT2D eigenvalue weighted by Gasteiger charge is 2.64.